The Balaban J connectivity index is 1.46. The zero-order valence-electron chi connectivity index (χ0n) is 16.7. The van der Waals surface area contributed by atoms with Gasteiger partial charge in [0.05, 0.1) is 6.54 Å². The molecule has 1 aromatic rings. The quantitative estimate of drug-likeness (QED) is 0.771. The summed E-state index contributed by atoms with van der Waals surface area (Å²) in [5.74, 6) is -2.04. The van der Waals surface area contributed by atoms with Crippen molar-refractivity contribution in [1.82, 2.24) is 19.8 Å². The number of alkyl halides is 2. The SMILES string of the molecule is Nc1cc(N2C[C@@H]3C[C@H](C2)[C@H](C(=O)N2CCC(F)(F)C2)N2C(=O)CCC[C@@H]32)ncn1. The summed E-state index contributed by atoms with van der Waals surface area (Å²) in [6.07, 6.45) is 3.96. The minimum atomic E-state index is -2.85. The van der Waals surface area contributed by atoms with E-state index in [0.29, 0.717) is 24.6 Å². The van der Waals surface area contributed by atoms with E-state index in [2.05, 4.69) is 14.9 Å². The first-order valence-electron chi connectivity index (χ1n) is 10.6. The van der Waals surface area contributed by atoms with Crippen LogP contribution in [0.2, 0.25) is 0 Å². The maximum atomic E-state index is 13.8. The number of hydrogen-bond donors (Lipinski definition) is 1. The van der Waals surface area contributed by atoms with Crippen LogP contribution in [0.5, 0.6) is 0 Å². The Morgan fingerprint density at radius 1 is 1.23 bits per heavy atom. The highest BCUT2D eigenvalue weighted by Gasteiger charge is 2.54. The fourth-order valence-electron chi connectivity index (χ4n) is 5.81. The Morgan fingerprint density at radius 3 is 2.77 bits per heavy atom. The van der Waals surface area contributed by atoms with E-state index >= 15 is 0 Å². The summed E-state index contributed by atoms with van der Waals surface area (Å²) < 4.78 is 27.6. The molecular formula is C20H26F2N6O2. The van der Waals surface area contributed by atoms with Gasteiger partial charge in [-0.3, -0.25) is 9.59 Å². The van der Waals surface area contributed by atoms with Gasteiger partial charge in [-0.1, -0.05) is 0 Å². The molecule has 4 saturated heterocycles. The number of nitrogen functional groups attached to an aromatic ring is 1. The van der Waals surface area contributed by atoms with E-state index < -0.39 is 18.5 Å². The first kappa shape index (κ1) is 19.4. The van der Waals surface area contributed by atoms with Crippen LogP contribution >= 0.6 is 0 Å². The number of piperidine rings is 3. The van der Waals surface area contributed by atoms with Crippen LogP contribution < -0.4 is 10.6 Å². The van der Waals surface area contributed by atoms with E-state index in [1.54, 1.807) is 11.0 Å². The standard InChI is InChI=1S/C20H26F2N6O2/c21-20(22)4-5-26(10-20)19(30)18-13-6-12(14-2-1-3-17(29)28(14)18)8-27(9-13)16-7-15(23)24-11-25-16/h7,11-14,18H,1-6,8-10H2,(H2,23,24,25)/t12-,13+,14-,18+/m0/s1. The number of hydrogen-bond acceptors (Lipinski definition) is 6. The van der Waals surface area contributed by atoms with Crippen molar-refractivity contribution in [3.63, 3.8) is 0 Å². The molecule has 4 aliphatic heterocycles. The van der Waals surface area contributed by atoms with Crippen molar-refractivity contribution in [2.45, 2.75) is 50.1 Å². The van der Waals surface area contributed by atoms with Gasteiger partial charge in [-0.15, -0.1) is 0 Å². The first-order chi connectivity index (χ1) is 14.3. The summed E-state index contributed by atoms with van der Waals surface area (Å²) in [4.78, 5) is 39.7. The van der Waals surface area contributed by atoms with Crippen molar-refractivity contribution < 1.29 is 18.4 Å². The van der Waals surface area contributed by atoms with Crippen LogP contribution in [0.25, 0.3) is 0 Å². The number of rotatable bonds is 2. The fraction of sp³-hybridized carbons (Fsp3) is 0.700. The number of carbonyl (C=O) groups excluding carboxylic acids is 2. The van der Waals surface area contributed by atoms with Crippen LogP contribution in [-0.2, 0) is 9.59 Å². The molecular weight excluding hydrogens is 394 g/mol. The molecule has 8 nitrogen and oxygen atoms in total. The predicted octanol–water partition coefficient (Wildman–Crippen LogP) is 1.13. The molecule has 0 aliphatic carbocycles. The summed E-state index contributed by atoms with van der Waals surface area (Å²) >= 11 is 0. The molecule has 4 atom stereocenters. The van der Waals surface area contributed by atoms with Crippen LogP contribution in [0.4, 0.5) is 20.4 Å². The largest absolute Gasteiger partial charge is 0.384 e. The van der Waals surface area contributed by atoms with Gasteiger partial charge in [-0.25, -0.2) is 18.7 Å². The summed E-state index contributed by atoms with van der Waals surface area (Å²) in [5, 5.41) is 0. The van der Waals surface area contributed by atoms with E-state index in [1.807, 2.05) is 0 Å². The Morgan fingerprint density at radius 2 is 2.03 bits per heavy atom. The zero-order valence-corrected chi connectivity index (χ0v) is 16.7. The molecule has 0 unspecified atom stereocenters. The minimum Gasteiger partial charge on any atom is -0.384 e. The smallest absolute Gasteiger partial charge is 0.267 e. The maximum Gasteiger partial charge on any atom is 0.267 e. The number of halogens is 2. The molecule has 5 rings (SSSR count). The molecule has 2 N–H and O–H groups in total. The molecule has 0 spiro atoms. The van der Waals surface area contributed by atoms with Gasteiger partial charge in [0.25, 0.3) is 5.92 Å². The molecule has 5 heterocycles. The third-order valence-corrected chi connectivity index (χ3v) is 7.07. The number of anilines is 2. The van der Waals surface area contributed by atoms with Gasteiger partial charge in [0.2, 0.25) is 11.8 Å². The molecule has 10 heteroatoms. The number of aromatic nitrogens is 2. The van der Waals surface area contributed by atoms with E-state index in [1.165, 1.54) is 11.2 Å². The second kappa shape index (κ2) is 7.02. The highest BCUT2D eigenvalue weighted by Crippen LogP contribution is 2.43. The summed E-state index contributed by atoms with van der Waals surface area (Å²) in [6.45, 7) is 0.739. The molecule has 4 fully saturated rings. The average Bonchev–Trinajstić information content (AvgIpc) is 3.08. The van der Waals surface area contributed by atoms with Crippen LogP contribution in [0.3, 0.4) is 0 Å². The average molecular weight is 420 g/mol. The number of fused-ring (bicyclic) bond motifs is 4. The molecule has 4 aliphatic rings. The third kappa shape index (κ3) is 3.26. The van der Waals surface area contributed by atoms with Crippen molar-refractivity contribution in [3.05, 3.63) is 12.4 Å². The maximum absolute atomic E-state index is 13.8. The second-order valence-corrected chi connectivity index (χ2v) is 9.03. The van der Waals surface area contributed by atoms with Gasteiger partial charge in [0.15, 0.2) is 0 Å². The summed E-state index contributed by atoms with van der Waals surface area (Å²) in [5.41, 5.74) is 5.83. The lowest BCUT2D eigenvalue weighted by molar-refractivity contribution is -0.161. The van der Waals surface area contributed by atoms with E-state index in [9.17, 15) is 18.4 Å². The van der Waals surface area contributed by atoms with Crippen molar-refractivity contribution in [1.29, 1.82) is 0 Å². The highest BCUT2D eigenvalue weighted by molar-refractivity contribution is 5.89. The van der Waals surface area contributed by atoms with E-state index in [-0.39, 0.29) is 42.7 Å². The van der Waals surface area contributed by atoms with Crippen molar-refractivity contribution >= 4 is 23.5 Å². The lowest BCUT2D eigenvalue weighted by Crippen LogP contribution is -2.68. The van der Waals surface area contributed by atoms with Crippen LogP contribution in [0, 0.1) is 11.8 Å². The number of amides is 2. The Hall–Kier alpha value is -2.52. The molecule has 0 radical (unpaired) electrons. The normalized spacial score (nSPS) is 32.9. The highest BCUT2D eigenvalue weighted by atomic mass is 19.3. The lowest BCUT2D eigenvalue weighted by atomic mass is 9.71. The van der Waals surface area contributed by atoms with Gasteiger partial charge >= 0.3 is 0 Å². The molecule has 30 heavy (non-hydrogen) atoms. The van der Waals surface area contributed by atoms with E-state index in [0.717, 1.165) is 25.8 Å². The summed E-state index contributed by atoms with van der Waals surface area (Å²) in [6, 6.07) is 0.986. The number of likely N-dealkylation sites (tertiary alicyclic amines) is 1. The molecule has 0 aromatic carbocycles. The van der Waals surface area contributed by atoms with Crippen LogP contribution in [-0.4, -0.2) is 75.8 Å². The van der Waals surface area contributed by atoms with Gasteiger partial charge < -0.3 is 20.4 Å². The first-order valence-corrected chi connectivity index (χ1v) is 10.6. The molecule has 1 aromatic heterocycles. The number of nitrogens with zero attached hydrogens (tertiary/aromatic N) is 5. The fourth-order valence-corrected chi connectivity index (χ4v) is 5.81. The molecule has 0 saturated carbocycles. The monoisotopic (exact) mass is 420 g/mol. The van der Waals surface area contributed by atoms with Crippen molar-refractivity contribution in [3.8, 4) is 0 Å². The van der Waals surface area contributed by atoms with E-state index in [4.69, 9.17) is 5.73 Å². The topological polar surface area (TPSA) is 95.7 Å². The van der Waals surface area contributed by atoms with Gasteiger partial charge in [-0.05, 0) is 25.2 Å². The number of carbonyl (C=O) groups is 2. The Kier molecular flexibility index (Phi) is 4.55. The van der Waals surface area contributed by atoms with Gasteiger partial charge in [0, 0.05) is 50.5 Å². The second-order valence-electron chi connectivity index (χ2n) is 9.03. The van der Waals surface area contributed by atoms with Crippen molar-refractivity contribution in [2.24, 2.45) is 11.8 Å². The Labute approximate surface area is 173 Å². The third-order valence-electron chi connectivity index (χ3n) is 7.07. The summed E-state index contributed by atoms with van der Waals surface area (Å²) in [7, 11) is 0. The van der Waals surface area contributed by atoms with Crippen LogP contribution in [0.1, 0.15) is 32.1 Å². The molecule has 162 valence electrons. The number of nitrogens with two attached hydrogens (primary N) is 1. The Bertz CT molecular complexity index is 867. The predicted molar refractivity (Wildman–Crippen MR) is 105 cm³/mol. The van der Waals surface area contributed by atoms with Crippen molar-refractivity contribution in [2.75, 3.05) is 36.8 Å². The lowest BCUT2D eigenvalue weighted by Gasteiger charge is -2.56. The van der Waals surface area contributed by atoms with Crippen LogP contribution in [0.15, 0.2) is 12.4 Å². The van der Waals surface area contributed by atoms with Gasteiger partial charge in [0.1, 0.15) is 24.0 Å². The molecule has 2 bridgehead atoms. The zero-order chi connectivity index (χ0) is 21.0. The molecule has 2 amide bonds. The van der Waals surface area contributed by atoms with Gasteiger partial charge in [-0.2, -0.15) is 0 Å². The minimum absolute atomic E-state index is 0.0232.